The van der Waals surface area contributed by atoms with Crippen LogP contribution in [-0.4, -0.2) is 47.4 Å². The number of hydrogen-bond donors (Lipinski definition) is 2. The molecule has 11 heteroatoms. The second kappa shape index (κ2) is 9.79. The molecule has 4 aromatic rings. The van der Waals surface area contributed by atoms with Crippen molar-refractivity contribution in [2.45, 2.75) is 43.1 Å². The van der Waals surface area contributed by atoms with Crippen molar-refractivity contribution in [1.82, 2.24) is 24.5 Å². The van der Waals surface area contributed by atoms with Crippen molar-refractivity contribution in [3.05, 3.63) is 54.5 Å². The molecule has 1 fully saturated rings. The van der Waals surface area contributed by atoms with Gasteiger partial charge in [-0.15, -0.1) is 11.3 Å². The van der Waals surface area contributed by atoms with E-state index >= 15 is 0 Å². The Morgan fingerprint density at radius 1 is 1.15 bits per heavy atom. The first kappa shape index (κ1) is 22.9. The number of pyridine rings is 2. The predicted molar refractivity (Wildman–Crippen MR) is 132 cm³/mol. The topological polar surface area (TPSA) is 111 Å². The molecule has 0 aromatic carbocycles. The molecule has 0 spiro atoms. The maximum absolute atomic E-state index is 13.1. The Kier molecular flexibility index (Phi) is 6.59. The second-order valence-corrected chi connectivity index (χ2v) is 11.1. The number of rotatable bonds is 8. The molecule has 2 N–H and O–H groups in total. The molecule has 0 unspecified atom stereocenters. The molecular formula is C23H26N6O3S2. The number of ether oxygens (including phenoxy) is 1. The summed E-state index contributed by atoms with van der Waals surface area (Å²) in [7, 11) is -3.70. The number of anilines is 1. The summed E-state index contributed by atoms with van der Waals surface area (Å²) in [5.74, 6) is 0. The second-order valence-electron chi connectivity index (χ2n) is 8.05. The highest BCUT2D eigenvalue weighted by molar-refractivity contribution is 7.91. The molecule has 4 aromatic heterocycles. The minimum Gasteiger partial charge on any atom is -0.381 e. The minimum atomic E-state index is -3.70. The molecule has 0 amide bonds. The average molecular weight is 499 g/mol. The Morgan fingerprint density at radius 2 is 2.00 bits per heavy atom. The quantitative estimate of drug-likeness (QED) is 0.381. The third-order valence-corrected chi connectivity index (χ3v) is 8.83. The van der Waals surface area contributed by atoms with E-state index in [0.717, 1.165) is 45.7 Å². The van der Waals surface area contributed by atoms with Crippen molar-refractivity contribution in [3.8, 4) is 10.6 Å². The van der Waals surface area contributed by atoms with Gasteiger partial charge < -0.3 is 10.1 Å². The summed E-state index contributed by atoms with van der Waals surface area (Å²) in [5, 5.41) is 8.95. The number of hydrogen-bond acceptors (Lipinski definition) is 8. The van der Waals surface area contributed by atoms with Crippen molar-refractivity contribution in [3.63, 3.8) is 0 Å². The molecule has 34 heavy (non-hydrogen) atoms. The first-order valence-electron chi connectivity index (χ1n) is 11.2. The number of aryl methyl sites for hydroxylation is 1. The van der Waals surface area contributed by atoms with Crippen LogP contribution in [-0.2, 0) is 27.8 Å². The zero-order chi connectivity index (χ0) is 23.5. The number of fused-ring (bicyclic) bond motifs is 1. The van der Waals surface area contributed by atoms with E-state index in [1.807, 2.05) is 29.8 Å². The summed E-state index contributed by atoms with van der Waals surface area (Å²) in [6, 6.07) is 9.22. The lowest BCUT2D eigenvalue weighted by atomic mass is 10.1. The zero-order valence-electron chi connectivity index (χ0n) is 18.8. The summed E-state index contributed by atoms with van der Waals surface area (Å²) < 4.78 is 36.5. The number of nitrogens with zero attached hydrogens (tertiary/aromatic N) is 4. The van der Waals surface area contributed by atoms with Gasteiger partial charge in [0, 0.05) is 50.3 Å². The van der Waals surface area contributed by atoms with Crippen LogP contribution in [0.25, 0.3) is 21.6 Å². The highest BCUT2D eigenvalue weighted by atomic mass is 32.2. The van der Waals surface area contributed by atoms with Gasteiger partial charge in [-0.25, -0.2) is 22.8 Å². The predicted octanol–water partition coefficient (Wildman–Crippen LogP) is 3.64. The standard InChI is InChI=1S/C23H26N6O3S2/c1-2-29-23-18(15-26-29)22(28-17-8-11-32-12-9-17)16(13-25-23)14-27-34(30,31)21-7-6-20(33-21)19-5-3-4-10-24-19/h3-7,10,13,15,17,27H,2,8-9,11-12,14H2,1H3,(H,25,28). The Labute approximate surface area is 202 Å². The number of aromatic nitrogens is 4. The van der Waals surface area contributed by atoms with Gasteiger partial charge in [-0.1, -0.05) is 6.07 Å². The van der Waals surface area contributed by atoms with E-state index in [1.54, 1.807) is 30.7 Å². The van der Waals surface area contributed by atoms with Crippen LogP contribution in [0.5, 0.6) is 0 Å². The fourth-order valence-electron chi connectivity index (χ4n) is 4.00. The van der Waals surface area contributed by atoms with Gasteiger partial charge in [0.15, 0.2) is 5.65 Å². The molecule has 1 aliphatic rings. The van der Waals surface area contributed by atoms with Crippen LogP contribution in [0, 0.1) is 0 Å². The fourth-order valence-corrected chi connectivity index (χ4v) is 6.34. The summed E-state index contributed by atoms with van der Waals surface area (Å²) in [4.78, 5) is 9.69. The van der Waals surface area contributed by atoms with E-state index in [1.165, 1.54) is 11.3 Å². The molecule has 5 heterocycles. The molecular weight excluding hydrogens is 472 g/mol. The Bertz CT molecular complexity index is 1380. The van der Waals surface area contributed by atoms with Gasteiger partial charge in [0.05, 0.1) is 27.8 Å². The molecule has 0 bridgehead atoms. The van der Waals surface area contributed by atoms with Gasteiger partial charge in [0.1, 0.15) is 4.21 Å². The van der Waals surface area contributed by atoms with Crippen LogP contribution in [0.2, 0.25) is 0 Å². The monoisotopic (exact) mass is 498 g/mol. The first-order chi connectivity index (χ1) is 16.5. The van der Waals surface area contributed by atoms with E-state index in [2.05, 4.69) is 25.1 Å². The number of thiophene rings is 1. The molecule has 1 saturated heterocycles. The Morgan fingerprint density at radius 3 is 2.76 bits per heavy atom. The molecule has 178 valence electrons. The van der Waals surface area contributed by atoms with Crippen molar-refractivity contribution in [2.75, 3.05) is 18.5 Å². The van der Waals surface area contributed by atoms with E-state index in [9.17, 15) is 8.42 Å². The third kappa shape index (κ3) is 4.69. The normalized spacial score (nSPS) is 15.1. The van der Waals surface area contributed by atoms with Crippen LogP contribution in [0.4, 0.5) is 5.69 Å². The third-order valence-electron chi connectivity index (χ3n) is 5.83. The lowest BCUT2D eigenvalue weighted by Crippen LogP contribution is -2.29. The van der Waals surface area contributed by atoms with Gasteiger partial charge in [0.2, 0.25) is 10.0 Å². The van der Waals surface area contributed by atoms with Gasteiger partial charge in [-0.2, -0.15) is 5.10 Å². The molecule has 1 aliphatic heterocycles. The zero-order valence-corrected chi connectivity index (χ0v) is 20.4. The summed E-state index contributed by atoms with van der Waals surface area (Å²) >= 11 is 1.20. The lowest BCUT2D eigenvalue weighted by molar-refractivity contribution is 0.0904. The van der Waals surface area contributed by atoms with Crippen molar-refractivity contribution in [1.29, 1.82) is 0 Å². The molecule has 9 nitrogen and oxygen atoms in total. The average Bonchev–Trinajstić information content (AvgIpc) is 3.53. The van der Waals surface area contributed by atoms with E-state index in [0.29, 0.717) is 19.8 Å². The number of nitrogens with one attached hydrogen (secondary N) is 2. The van der Waals surface area contributed by atoms with E-state index in [4.69, 9.17) is 4.74 Å². The van der Waals surface area contributed by atoms with Gasteiger partial charge >= 0.3 is 0 Å². The molecule has 0 aliphatic carbocycles. The van der Waals surface area contributed by atoms with Crippen LogP contribution in [0.3, 0.4) is 0 Å². The highest BCUT2D eigenvalue weighted by Gasteiger charge is 2.22. The van der Waals surface area contributed by atoms with Gasteiger partial charge in [-0.3, -0.25) is 4.98 Å². The van der Waals surface area contributed by atoms with Gasteiger partial charge in [-0.05, 0) is 44.0 Å². The maximum Gasteiger partial charge on any atom is 0.250 e. The van der Waals surface area contributed by atoms with Crippen molar-refractivity contribution >= 4 is 38.1 Å². The molecule has 0 atom stereocenters. The highest BCUT2D eigenvalue weighted by Crippen LogP contribution is 2.31. The SMILES string of the molecule is CCn1ncc2c(NC3CCOCC3)c(CNS(=O)(=O)c3ccc(-c4ccccn4)s3)cnc21. The first-order valence-corrected chi connectivity index (χ1v) is 13.5. The van der Waals surface area contributed by atoms with Crippen LogP contribution in [0.15, 0.2) is 53.1 Å². The number of sulfonamides is 1. The fraction of sp³-hybridized carbons (Fsp3) is 0.348. The molecule has 5 rings (SSSR count). The van der Waals surface area contributed by atoms with Crippen LogP contribution in [0.1, 0.15) is 25.3 Å². The molecule has 0 saturated carbocycles. The van der Waals surface area contributed by atoms with Crippen LogP contribution < -0.4 is 10.0 Å². The smallest absolute Gasteiger partial charge is 0.250 e. The Hall–Kier alpha value is -2.86. The molecule has 0 radical (unpaired) electrons. The van der Waals surface area contributed by atoms with Crippen molar-refractivity contribution < 1.29 is 13.2 Å². The van der Waals surface area contributed by atoms with E-state index < -0.39 is 10.0 Å². The Balaban J connectivity index is 1.40. The summed E-state index contributed by atoms with van der Waals surface area (Å²) in [6.45, 7) is 4.25. The maximum atomic E-state index is 13.1. The van der Waals surface area contributed by atoms with Crippen molar-refractivity contribution in [2.24, 2.45) is 0 Å². The van der Waals surface area contributed by atoms with Gasteiger partial charge in [0.25, 0.3) is 0 Å². The lowest BCUT2D eigenvalue weighted by Gasteiger charge is -2.25. The minimum absolute atomic E-state index is 0.116. The van der Waals surface area contributed by atoms with E-state index in [-0.39, 0.29) is 16.8 Å². The summed E-state index contributed by atoms with van der Waals surface area (Å²) in [6.07, 6.45) is 7.00. The largest absolute Gasteiger partial charge is 0.381 e. The van der Waals surface area contributed by atoms with Crippen LogP contribution >= 0.6 is 11.3 Å². The summed E-state index contributed by atoms with van der Waals surface area (Å²) in [5.41, 5.74) is 3.18.